The lowest BCUT2D eigenvalue weighted by Gasteiger charge is -1.90. The van der Waals surface area contributed by atoms with Crippen molar-refractivity contribution in [3.8, 4) is 0 Å². The third-order valence-electron chi connectivity index (χ3n) is 2.14. The normalized spacial score (nSPS) is 9.25. The summed E-state index contributed by atoms with van der Waals surface area (Å²) in [7, 11) is 0. The van der Waals surface area contributed by atoms with Crippen LogP contribution in [0.3, 0.4) is 0 Å². The van der Waals surface area contributed by atoms with E-state index in [9.17, 15) is 20.2 Å². The molecule has 0 saturated heterocycles. The number of nitro groups is 2. The molecule has 2 aromatic carbocycles. The number of nitrogen functional groups attached to an aromatic ring is 1. The highest BCUT2D eigenvalue weighted by Gasteiger charge is 2.01. The molecule has 0 aliphatic rings. The van der Waals surface area contributed by atoms with Crippen molar-refractivity contribution in [3.05, 3.63) is 73.2 Å². The molecule has 0 saturated carbocycles. The van der Waals surface area contributed by atoms with Crippen LogP contribution in [0, 0.1) is 20.2 Å². The minimum Gasteiger partial charge on any atom is -0.399 e. The molecule has 0 heterocycles. The minimum absolute atomic E-state index is 0.0641. The Hall–Kier alpha value is -2.48. The first-order valence-corrected chi connectivity index (χ1v) is 6.09. The summed E-state index contributed by atoms with van der Waals surface area (Å²) in [5.41, 5.74) is 6.02. The lowest BCUT2D eigenvalue weighted by molar-refractivity contribution is -0.385. The number of halogens is 1. The molecule has 0 atom stereocenters. The number of hydrogen-bond donors (Lipinski definition) is 1. The summed E-state index contributed by atoms with van der Waals surface area (Å²) in [6, 6.07) is 11.9. The maximum absolute atomic E-state index is 10.1. The van der Waals surface area contributed by atoms with E-state index < -0.39 is 9.85 Å². The lowest BCUT2D eigenvalue weighted by atomic mass is 10.3. The highest BCUT2D eigenvalue weighted by Crippen LogP contribution is 2.15. The van der Waals surface area contributed by atoms with E-state index >= 15 is 0 Å². The van der Waals surface area contributed by atoms with Crippen LogP contribution >= 0.6 is 15.9 Å². The van der Waals surface area contributed by atoms with Crippen molar-refractivity contribution in [2.24, 2.45) is 0 Å². The quantitative estimate of drug-likeness (QED) is 0.510. The fourth-order valence-electron chi connectivity index (χ4n) is 1.16. The largest absolute Gasteiger partial charge is 0.399 e. The van der Waals surface area contributed by atoms with Gasteiger partial charge in [-0.3, -0.25) is 20.2 Å². The Morgan fingerprint density at radius 2 is 1.15 bits per heavy atom. The highest BCUT2D eigenvalue weighted by molar-refractivity contribution is 9.10. The average Bonchev–Trinajstić information content (AvgIpc) is 2.40. The molecule has 20 heavy (non-hydrogen) atoms. The van der Waals surface area contributed by atoms with E-state index in [2.05, 4.69) is 15.9 Å². The van der Waals surface area contributed by atoms with E-state index in [0.29, 0.717) is 5.69 Å². The third kappa shape index (κ3) is 5.02. The summed E-state index contributed by atoms with van der Waals surface area (Å²) in [4.78, 5) is 19.3. The Morgan fingerprint density at radius 1 is 0.800 bits per heavy atom. The number of anilines is 1. The van der Waals surface area contributed by atoms with Crippen LogP contribution < -0.4 is 5.73 Å². The molecule has 0 amide bonds. The zero-order chi connectivity index (χ0) is 15.1. The lowest BCUT2D eigenvalue weighted by Crippen LogP contribution is -1.88. The van der Waals surface area contributed by atoms with Gasteiger partial charge >= 0.3 is 0 Å². The number of hydrogen-bond acceptors (Lipinski definition) is 5. The summed E-state index contributed by atoms with van der Waals surface area (Å²) in [5, 5.41) is 20.2. The van der Waals surface area contributed by atoms with Crippen LogP contribution in [0.25, 0.3) is 0 Å². The second-order valence-corrected chi connectivity index (χ2v) is 4.50. The van der Waals surface area contributed by atoms with Crippen LogP contribution in [0.2, 0.25) is 0 Å². The summed E-state index contributed by atoms with van der Waals surface area (Å²) >= 11 is 3.17. The van der Waals surface area contributed by atoms with E-state index in [-0.39, 0.29) is 11.4 Å². The van der Waals surface area contributed by atoms with Crippen molar-refractivity contribution in [2.75, 3.05) is 5.73 Å². The maximum Gasteiger partial charge on any atom is 0.269 e. The molecule has 0 bridgehead atoms. The van der Waals surface area contributed by atoms with E-state index in [1.807, 2.05) is 0 Å². The Morgan fingerprint density at radius 3 is 1.50 bits per heavy atom. The van der Waals surface area contributed by atoms with Gasteiger partial charge in [-0.25, -0.2) is 0 Å². The number of rotatable bonds is 2. The Labute approximate surface area is 122 Å². The molecule has 8 heteroatoms. The van der Waals surface area contributed by atoms with Crippen molar-refractivity contribution >= 4 is 33.0 Å². The van der Waals surface area contributed by atoms with Gasteiger partial charge in [-0.2, -0.15) is 0 Å². The predicted molar refractivity (Wildman–Crippen MR) is 78.3 cm³/mol. The molecular weight excluding hydrogens is 330 g/mol. The van der Waals surface area contributed by atoms with E-state index in [1.54, 1.807) is 12.1 Å². The molecule has 0 fully saturated rings. The number of nitro benzene ring substituents is 2. The molecule has 2 aromatic rings. The van der Waals surface area contributed by atoms with Gasteiger partial charge < -0.3 is 5.73 Å². The summed E-state index contributed by atoms with van der Waals surface area (Å²) < 4.78 is 0.845. The van der Waals surface area contributed by atoms with Gasteiger partial charge in [0.05, 0.1) is 9.85 Å². The number of nitrogens with zero attached hydrogens (tertiary/aromatic N) is 2. The fraction of sp³-hybridized carbons (Fsp3) is 0. The first-order valence-electron chi connectivity index (χ1n) is 5.30. The van der Waals surface area contributed by atoms with Gasteiger partial charge in [0.1, 0.15) is 0 Å². The fourth-order valence-corrected chi connectivity index (χ4v) is 1.42. The van der Waals surface area contributed by atoms with Gasteiger partial charge in [0.15, 0.2) is 0 Å². The molecule has 7 nitrogen and oxygen atoms in total. The third-order valence-corrected chi connectivity index (χ3v) is 2.67. The van der Waals surface area contributed by atoms with Crippen LogP contribution in [-0.2, 0) is 0 Å². The van der Waals surface area contributed by atoms with Crippen molar-refractivity contribution in [2.45, 2.75) is 0 Å². The topological polar surface area (TPSA) is 112 Å². The Bertz CT molecular complexity index is 544. The van der Waals surface area contributed by atoms with Crippen LogP contribution in [-0.4, -0.2) is 9.85 Å². The first kappa shape index (κ1) is 15.6. The van der Waals surface area contributed by atoms with Crippen LogP contribution in [0.4, 0.5) is 17.1 Å². The number of benzene rings is 2. The van der Waals surface area contributed by atoms with Crippen molar-refractivity contribution < 1.29 is 9.85 Å². The molecule has 2 rings (SSSR count). The summed E-state index contributed by atoms with van der Waals surface area (Å²) in [6.07, 6.45) is 0. The van der Waals surface area contributed by atoms with E-state index in [1.165, 1.54) is 36.4 Å². The van der Waals surface area contributed by atoms with Crippen LogP contribution in [0.5, 0.6) is 0 Å². The van der Waals surface area contributed by atoms with Crippen molar-refractivity contribution in [1.82, 2.24) is 0 Å². The van der Waals surface area contributed by atoms with Gasteiger partial charge in [0.2, 0.25) is 0 Å². The molecule has 0 aromatic heterocycles. The summed E-state index contributed by atoms with van der Waals surface area (Å²) in [6.45, 7) is 0. The molecule has 104 valence electrons. The monoisotopic (exact) mass is 339 g/mol. The van der Waals surface area contributed by atoms with Gasteiger partial charge in [-0.15, -0.1) is 0 Å². The van der Waals surface area contributed by atoms with Gasteiger partial charge in [0, 0.05) is 34.4 Å². The predicted octanol–water partition coefficient (Wildman–Crippen LogP) is 3.53. The number of nitrogens with two attached hydrogens (primary N) is 1. The molecule has 0 aliphatic heterocycles. The standard InChI is InChI=1S/C6H4BrNO2.C6H6N2O2/c2*7-5-1-3-6(4-2-5)8(9)10/h1-4H;1-4H,7H2. The SMILES string of the molecule is Nc1ccc([N+](=O)[O-])cc1.O=[N+]([O-])c1ccc(Br)cc1. The Kier molecular flexibility index (Phi) is 5.60. The minimum atomic E-state index is -0.459. The zero-order valence-electron chi connectivity index (χ0n) is 10.1. The zero-order valence-corrected chi connectivity index (χ0v) is 11.7. The second-order valence-electron chi connectivity index (χ2n) is 3.58. The van der Waals surface area contributed by atoms with Gasteiger partial charge in [-0.05, 0) is 24.3 Å². The first-order chi connectivity index (χ1) is 9.40. The van der Waals surface area contributed by atoms with Crippen molar-refractivity contribution in [3.63, 3.8) is 0 Å². The van der Waals surface area contributed by atoms with Gasteiger partial charge in [-0.1, -0.05) is 15.9 Å². The molecule has 0 unspecified atom stereocenters. The highest BCUT2D eigenvalue weighted by atomic mass is 79.9. The smallest absolute Gasteiger partial charge is 0.269 e. The van der Waals surface area contributed by atoms with Gasteiger partial charge in [0.25, 0.3) is 11.4 Å². The molecular formula is C12H10BrN3O4. The Balaban J connectivity index is 0.000000200. The second kappa shape index (κ2) is 7.19. The van der Waals surface area contributed by atoms with Crippen LogP contribution in [0.15, 0.2) is 53.0 Å². The van der Waals surface area contributed by atoms with E-state index in [0.717, 1.165) is 4.47 Å². The van der Waals surface area contributed by atoms with E-state index in [4.69, 9.17) is 5.73 Å². The molecule has 0 radical (unpaired) electrons. The average molecular weight is 340 g/mol. The number of non-ortho nitro benzene ring substituents is 2. The molecule has 0 aliphatic carbocycles. The molecule has 2 N–H and O–H groups in total. The maximum atomic E-state index is 10.1. The van der Waals surface area contributed by atoms with Crippen molar-refractivity contribution in [1.29, 1.82) is 0 Å². The van der Waals surface area contributed by atoms with Crippen LogP contribution in [0.1, 0.15) is 0 Å². The molecule has 0 spiro atoms. The summed E-state index contributed by atoms with van der Waals surface area (Å²) in [5.74, 6) is 0.